The zero-order valence-electron chi connectivity index (χ0n) is 9.66. The second-order valence-corrected chi connectivity index (χ2v) is 5.57. The number of fused-ring (bicyclic) bond motifs is 2. The van der Waals surface area contributed by atoms with Crippen molar-refractivity contribution in [2.24, 2.45) is 23.7 Å². The maximum atomic E-state index is 11.1. The molecule has 2 unspecified atom stereocenters. The third-order valence-electron chi connectivity index (χ3n) is 4.19. The molecular formula is C13H20O2. The maximum Gasteiger partial charge on any atom is 0.130 e. The number of ketones is 2. The van der Waals surface area contributed by atoms with Crippen LogP contribution in [0, 0.1) is 23.7 Å². The van der Waals surface area contributed by atoms with Gasteiger partial charge in [-0.05, 0) is 56.8 Å². The van der Waals surface area contributed by atoms with Crippen LogP contribution in [0.4, 0.5) is 0 Å². The Morgan fingerprint density at radius 3 is 1.73 bits per heavy atom. The van der Waals surface area contributed by atoms with Crippen LogP contribution in [0.5, 0.6) is 0 Å². The van der Waals surface area contributed by atoms with E-state index in [-0.39, 0.29) is 0 Å². The Morgan fingerprint density at radius 1 is 0.933 bits per heavy atom. The van der Waals surface area contributed by atoms with Gasteiger partial charge in [-0.2, -0.15) is 0 Å². The average molecular weight is 208 g/mol. The van der Waals surface area contributed by atoms with Gasteiger partial charge in [-0.1, -0.05) is 0 Å². The fourth-order valence-corrected chi connectivity index (χ4v) is 3.86. The predicted molar refractivity (Wildman–Crippen MR) is 58.4 cm³/mol. The molecule has 0 aromatic heterocycles. The van der Waals surface area contributed by atoms with E-state index in [0.717, 1.165) is 18.8 Å². The molecule has 0 N–H and O–H groups in total. The van der Waals surface area contributed by atoms with Crippen molar-refractivity contribution in [3.63, 3.8) is 0 Å². The van der Waals surface area contributed by atoms with Crippen molar-refractivity contribution < 1.29 is 9.59 Å². The summed E-state index contributed by atoms with van der Waals surface area (Å²) in [6, 6.07) is 0. The Hall–Kier alpha value is -0.660. The zero-order valence-corrected chi connectivity index (χ0v) is 9.66. The fraction of sp³-hybridized carbons (Fsp3) is 0.846. The Bertz CT molecular complexity index is 256. The molecule has 2 saturated carbocycles. The van der Waals surface area contributed by atoms with Crippen LogP contribution in [0.25, 0.3) is 0 Å². The second kappa shape index (κ2) is 4.07. The largest absolute Gasteiger partial charge is 0.300 e. The topological polar surface area (TPSA) is 34.1 Å². The molecule has 0 saturated heterocycles. The minimum absolute atomic E-state index is 0.314. The summed E-state index contributed by atoms with van der Waals surface area (Å²) in [4.78, 5) is 22.3. The Morgan fingerprint density at radius 2 is 1.40 bits per heavy atom. The molecule has 0 aliphatic heterocycles. The van der Waals surface area contributed by atoms with E-state index < -0.39 is 0 Å². The molecule has 2 heteroatoms. The number of carbonyl (C=O) groups excluding carboxylic acids is 2. The summed E-state index contributed by atoms with van der Waals surface area (Å²) < 4.78 is 0. The van der Waals surface area contributed by atoms with E-state index in [1.165, 1.54) is 19.3 Å². The van der Waals surface area contributed by atoms with Crippen molar-refractivity contribution in [2.45, 2.75) is 46.0 Å². The number of hydrogen-bond donors (Lipinski definition) is 0. The van der Waals surface area contributed by atoms with Crippen molar-refractivity contribution >= 4 is 11.6 Å². The Balaban J connectivity index is 1.96. The molecule has 15 heavy (non-hydrogen) atoms. The number of carbonyl (C=O) groups is 2. The second-order valence-electron chi connectivity index (χ2n) is 5.57. The van der Waals surface area contributed by atoms with Gasteiger partial charge in [0.2, 0.25) is 0 Å². The molecule has 0 radical (unpaired) electrons. The van der Waals surface area contributed by atoms with Crippen molar-refractivity contribution in [1.29, 1.82) is 0 Å². The molecule has 84 valence electrons. The van der Waals surface area contributed by atoms with Crippen LogP contribution in [0.3, 0.4) is 0 Å². The van der Waals surface area contributed by atoms with Crippen molar-refractivity contribution in [3.05, 3.63) is 0 Å². The molecule has 2 rings (SSSR count). The van der Waals surface area contributed by atoms with Crippen LogP contribution in [0.2, 0.25) is 0 Å². The molecule has 2 aliphatic rings. The summed E-state index contributed by atoms with van der Waals surface area (Å²) in [5.41, 5.74) is 0. The number of hydrogen-bond acceptors (Lipinski definition) is 2. The van der Waals surface area contributed by atoms with Crippen LogP contribution < -0.4 is 0 Å². The molecule has 2 atom stereocenters. The van der Waals surface area contributed by atoms with Crippen LogP contribution in [0.15, 0.2) is 0 Å². The quantitative estimate of drug-likeness (QED) is 0.711. The Kier molecular flexibility index (Phi) is 2.94. The Labute approximate surface area is 91.4 Å². The van der Waals surface area contributed by atoms with Gasteiger partial charge in [0.25, 0.3) is 0 Å². The highest BCUT2D eigenvalue weighted by Crippen LogP contribution is 2.54. The lowest BCUT2D eigenvalue weighted by Gasteiger charge is -2.28. The van der Waals surface area contributed by atoms with E-state index in [0.29, 0.717) is 29.3 Å². The fourth-order valence-electron chi connectivity index (χ4n) is 3.86. The molecule has 0 aromatic carbocycles. The minimum Gasteiger partial charge on any atom is -0.300 e. The molecule has 0 aromatic rings. The average Bonchev–Trinajstić information content (AvgIpc) is 2.59. The van der Waals surface area contributed by atoms with E-state index in [1.807, 2.05) is 0 Å². The van der Waals surface area contributed by atoms with Crippen LogP contribution in [0.1, 0.15) is 46.0 Å². The molecule has 0 heterocycles. The lowest BCUT2D eigenvalue weighted by molar-refractivity contribution is -0.118. The summed E-state index contributed by atoms with van der Waals surface area (Å²) in [6.45, 7) is 3.37. The van der Waals surface area contributed by atoms with E-state index in [1.54, 1.807) is 13.8 Å². The van der Waals surface area contributed by atoms with Crippen LogP contribution >= 0.6 is 0 Å². The van der Waals surface area contributed by atoms with E-state index >= 15 is 0 Å². The summed E-state index contributed by atoms with van der Waals surface area (Å²) >= 11 is 0. The molecule has 2 nitrogen and oxygen atoms in total. The molecule has 2 fully saturated rings. The van der Waals surface area contributed by atoms with Gasteiger partial charge in [0, 0.05) is 12.8 Å². The molecular weight excluding hydrogens is 188 g/mol. The highest BCUT2D eigenvalue weighted by Gasteiger charge is 2.46. The van der Waals surface area contributed by atoms with Crippen molar-refractivity contribution in [2.75, 3.05) is 0 Å². The van der Waals surface area contributed by atoms with Crippen LogP contribution in [-0.2, 0) is 9.59 Å². The summed E-state index contributed by atoms with van der Waals surface area (Å²) in [5, 5.41) is 0. The van der Waals surface area contributed by atoms with Gasteiger partial charge in [-0.3, -0.25) is 0 Å². The van der Waals surface area contributed by atoms with Crippen LogP contribution in [-0.4, -0.2) is 11.6 Å². The monoisotopic (exact) mass is 208 g/mol. The normalized spacial score (nSPS) is 38.3. The lowest BCUT2D eigenvalue weighted by Crippen LogP contribution is -2.23. The van der Waals surface area contributed by atoms with E-state index in [9.17, 15) is 9.59 Å². The highest BCUT2D eigenvalue weighted by molar-refractivity contribution is 5.76. The van der Waals surface area contributed by atoms with Gasteiger partial charge >= 0.3 is 0 Å². The number of rotatable bonds is 4. The first kappa shape index (κ1) is 10.8. The van der Waals surface area contributed by atoms with E-state index in [4.69, 9.17) is 0 Å². The number of Topliss-reactive ketones (excluding diaryl/α,β-unsaturated/α-hetero) is 2. The summed E-state index contributed by atoms with van der Waals surface area (Å²) in [6.07, 6.45) is 5.23. The van der Waals surface area contributed by atoms with Crippen molar-refractivity contribution in [1.82, 2.24) is 0 Å². The molecule has 2 bridgehead atoms. The summed E-state index contributed by atoms with van der Waals surface area (Å²) in [5.74, 6) is 3.28. The highest BCUT2D eigenvalue weighted by atomic mass is 16.1. The summed E-state index contributed by atoms with van der Waals surface area (Å²) in [7, 11) is 0. The minimum atomic E-state index is 0.314. The van der Waals surface area contributed by atoms with Gasteiger partial charge in [0.15, 0.2) is 0 Å². The van der Waals surface area contributed by atoms with Gasteiger partial charge in [0.05, 0.1) is 0 Å². The predicted octanol–water partition coefficient (Wildman–Crippen LogP) is 2.61. The first-order chi connectivity index (χ1) is 7.06. The first-order valence-corrected chi connectivity index (χ1v) is 6.05. The zero-order chi connectivity index (χ0) is 11.0. The SMILES string of the molecule is CC(=O)CC1CC2CC(CC(C)=O)C1C2. The van der Waals surface area contributed by atoms with Crippen molar-refractivity contribution in [3.8, 4) is 0 Å². The van der Waals surface area contributed by atoms with Gasteiger partial charge in [0.1, 0.15) is 11.6 Å². The van der Waals surface area contributed by atoms with E-state index in [2.05, 4.69) is 0 Å². The van der Waals surface area contributed by atoms with Gasteiger partial charge in [-0.25, -0.2) is 0 Å². The third kappa shape index (κ3) is 2.30. The molecule has 0 spiro atoms. The van der Waals surface area contributed by atoms with Gasteiger partial charge in [-0.15, -0.1) is 0 Å². The lowest BCUT2D eigenvalue weighted by atomic mass is 9.76. The van der Waals surface area contributed by atoms with Gasteiger partial charge < -0.3 is 9.59 Å². The third-order valence-corrected chi connectivity index (χ3v) is 4.19. The standard InChI is InChI=1S/C13H20O2/c1-8(14)3-11-5-10-6-12(4-9(2)15)13(11)7-10/h10-13H,3-7H2,1-2H3. The molecule has 0 amide bonds. The smallest absolute Gasteiger partial charge is 0.130 e. The first-order valence-electron chi connectivity index (χ1n) is 6.05. The maximum absolute atomic E-state index is 11.1. The molecule has 2 aliphatic carbocycles.